The van der Waals surface area contributed by atoms with Crippen LogP contribution in [-0.4, -0.2) is 59.4 Å². The largest absolute Gasteiger partial charge is 0.394 e. The number of aliphatic hydroxyl groups is 3. The molecule has 0 spiro atoms. The van der Waals surface area contributed by atoms with Crippen LogP contribution in [0.2, 0.25) is 0 Å². The van der Waals surface area contributed by atoms with Crippen LogP contribution in [0.15, 0.2) is 11.1 Å². The van der Waals surface area contributed by atoms with E-state index >= 15 is 0 Å². The molecule has 0 radical (unpaired) electrons. The van der Waals surface area contributed by atoms with E-state index in [1.54, 1.807) is 0 Å². The lowest BCUT2D eigenvalue weighted by Crippen LogP contribution is -2.54. The van der Waals surface area contributed by atoms with Gasteiger partial charge in [0.2, 0.25) is 5.95 Å². The Labute approximate surface area is 116 Å². The first-order valence-electron chi connectivity index (χ1n) is 6.04. The van der Waals surface area contributed by atoms with E-state index in [0.717, 1.165) is 0 Å². The summed E-state index contributed by atoms with van der Waals surface area (Å²) in [5.41, 5.74) is 8.39. The van der Waals surface area contributed by atoms with Gasteiger partial charge in [0, 0.05) is 0 Å². The first-order chi connectivity index (χ1) is 9.86. The highest BCUT2D eigenvalue weighted by Gasteiger charge is 2.54. The van der Waals surface area contributed by atoms with E-state index in [2.05, 4.69) is 15.0 Å². The monoisotopic (exact) mass is 298 g/mol. The molecule has 114 valence electrons. The molecule has 0 aromatic carbocycles. The van der Waals surface area contributed by atoms with Crippen molar-refractivity contribution >= 4 is 17.1 Å². The molecular weight excluding hydrogens is 284 g/mol. The first kappa shape index (κ1) is 13.9. The van der Waals surface area contributed by atoms with Crippen molar-refractivity contribution in [1.82, 2.24) is 19.5 Å². The zero-order chi connectivity index (χ0) is 15.4. The SMILES string of the molecule is Nc1nc2c(ncn2[C@@H]2O[C@H](CO)[C@@H](O)[C@@]2(N)O)c(=O)[nH]1. The van der Waals surface area contributed by atoms with Gasteiger partial charge in [-0.25, -0.2) is 4.98 Å². The summed E-state index contributed by atoms with van der Waals surface area (Å²) in [5, 5.41) is 29.2. The molecule has 0 saturated carbocycles. The summed E-state index contributed by atoms with van der Waals surface area (Å²) in [7, 11) is 0. The van der Waals surface area contributed by atoms with Gasteiger partial charge in [-0.1, -0.05) is 0 Å². The third-order valence-electron chi connectivity index (χ3n) is 3.41. The second kappa shape index (κ2) is 4.47. The third kappa shape index (κ3) is 1.91. The molecule has 1 fully saturated rings. The summed E-state index contributed by atoms with van der Waals surface area (Å²) in [5.74, 6) is -0.146. The predicted molar refractivity (Wildman–Crippen MR) is 68.7 cm³/mol. The fourth-order valence-electron chi connectivity index (χ4n) is 2.34. The fourth-order valence-corrected chi connectivity index (χ4v) is 2.34. The molecule has 4 atom stereocenters. The van der Waals surface area contributed by atoms with Crippen molar-refractivity contribution in [1.29, 1.82) is 0 Å². The normalized spacial score (nSPS) is 32.9. The molecule has 0 bridgehead atoms. The van der Waals surface area contributed by atoms with Crippen molar-refractivity contribution < 1.29 is 20.1 Å². The Kier molecular flexibility index (Phi) is 2.96. The number of aliphatic hydroxyl groups excluding tert-OH is 2. The van der Waals surface area contributed by atoms with Gasteiger partial charge in [-0.05, 0) is 0 Å². The Balaban J connectivity index is 2.15. The van der Waals surface area contributed by atoms with Crippen LogP contribution in [0.25, 0.3) is 11.2 Å². The smallest absolute Gasteiger partial charge is 0.280 e. The average Bonchev–Trinajstić information content (AvgIpc) is 2.91. The van der Waals surface area contributed by atoms with E-state index in [9.17, 15) is 15.0 Å². The van der Waals surface area contributed by atoms with Gasteiger partial charge in [-0.15, -0.1) is 0 Å². The van der Waals surface area contributed by atoms with Gasteiger partial charge < -0.3 is 25.8 Å². The quantitative estimate of drug-likeness (QED) is 0.307. The summed E-state index contributed by atoms with van der Waals surface area (Å²) in [6, 6.07) is 0. The van der Waals surface area contributed by atoms with Crippen LogP contribution in [0.5, 0.6) is 0 Å². The van der Waals surface area contributed by atoms with Gasteiger partial charge in [-0.3, -0.25) is 20.1 Å². The summed E-state index contributed by atoms with van der Waals surface area (Å²) in [6.45, 7) is -0.542. The van der Waals surface area contributed by atoms with Crippen molar-refractivity contribution in [3.05, 3.63) is 16.7 Å². The molecule has 21 heavy (non-hydrogen) atoms. The van der Waals surface area contributed by atoms with Crippen molar-refractivity contribution in [2.24, 2.45) is 5.73 Å². The minimum atomic E-state index is -2.19. The second-order valence-corrected chi connectivity index (χ2v) is 4.82. The zero-order valence-electron chi connectivity index (χ0n) is 10.7. The van der Waals surface area contributed by atoms with Crippen LogP contribution in [0.3, 0.4) is 0 Å². The molecule has 0 aliphatic carbocycles. The average molecular weight is 298 g/mol. The number of hydrogen-bond acceptors (Lipinski definition) is 9. The Morgan fingerprint density at radius 1 is 1.57 bits per heavy atom. The maximum atomic E-state index is 11.7. The van der Waals surface area contributed by atoms with E-state index in [1.165, 1.54) is 10.9 Å². The molecule has 0 unspecified atom stereocenters. The molecule has 2 aromatic rings. The lowest BCUT2D eigenvalue weighted by atomic mass is 10.1. The van der Waals surface area contributed by atoms with E-state index in [0.29, 0.717) is 0 Å². The fraction of sp³-hybridized carbons (Fsp3) is 0.500. The number of ether oxygens (including phenoxy) is 1. The maximum Gasteiger partial charge on any atom is 0.280 e. The summed E-state index contributed by atoms with van der Waals surface area (Å²) < 4.78 is 6.51. The number of nitrogens with two attached hydrogens (primary N) is 2. The zero-order valence-corrected chi connectivity index (χ0v) is 10.7. The van der Waals surface area contributed by atoms with E-state index in [1.807, 2.05) is 0 Å². The second-order valence-electron chi connectivity index (χ2n) is 4.82. The van der Waals surface area contributed by atoms with Crippen LogP contribution >= 0.6 is 0 Å². The highest BCUT2D eigenvalue weighted by Crippen LogP contribution is 2.35. The first-order valence-corrected chi connectivity index (χ1v) is 6.04. The molecular formula is C10H14N6O5. The molecule has 11 heteroatoms. The highest BCUT2D eigenvalue weighted by atomic mass is 16.6. The number of nitrogen functional groups attached to an aromatic ring is 1. The van der Waals surface area contributed by atoms with Gasteiger partial charge in [-0.2, -0.15) is 4.98 Å². The summed E-state index contributed by atoms with van der Waals surface area (Å²) in [6.07, 6.45) is -2.71. The summed E-state index contributed by atoms with van der Waals surface area (Å²) in [4.78, 5) is 21.7. The van der Waals surface area contributed by atoms with E-state index < -0.39 is 36.3 Å². The van der Waals surface area contributed by atoms with Crippen LogP contribution in [-0.2, 0) is 4.74 Å². The topological polar surface area (TPSA) is 186 Å². The Morgan fingerprint density at radius 3 is 2.90 bits per heavy atom. The molecule has 1 aliphatic rings. The standard InChI is InChI=1S/C10H14N6O5/c11-9-14-6-4(7(19)15-9)13-2-16(6)8-10(12,20)5(18)3(1-17)21-8/h2-3,5,8,17-18,20H,1,12H2,(H3,11,14,15,19)/t3-,5-,8-,10-/m1/s1. The number of nitrogens with zero attached hydrogens (tertiary/aromatic N) is 3. The molecule has 8 N–H and O–H groups in total. The van der Waals surface area contributed by atoms with E-state index in [-0.39, 0.29) is 17.1 Å². The Hall–Kier alpha value is -2.05. The molecule has 3 heterocycles. The highest BCUT2D eigenvalue weighted by molar-refractivity contribution is 5.70. The Bertz CT molecular complexity index is 739. The number of aromatic nitrogens is 4. The molecule has 11 nitrogen and oxygen atoms in total. The number of imidazole rings is 1. The van der Waals surface area contributed by atoms with Gasteiger partial charge in [0.15, 0.2) is 23.1 Å². The van der Waals surface area contributed by atoms with Crippen molar-refractivity contribution in [2.75, 3.05) is 12.3 Å². The van der Waals surface area contributed by atoms with Gasteiger partial charge in [0.1, 0.15) is 12.2 Å². The molecule has 0 amide bonds. The van der Waals surface area contributed by atoms with Gasteiger partial charge >= 0.3 is 0 Å². The number of H-pyrrole nitrogens is 1. The predicted octanol–water partition coefficient (Wildman–Crippen LogP) is -3.40. The van der Waals surface area contributed by atoms with Crippen molar-refractivity contribution in [3.8, 4) is 0 Å². The van der Waals surface area contributed by atoms with Crippen LogP contribution in [0.1, 0.15) is 6.23 Å². The van der Waals surface area contributed by atoms with Gasteiger partial charge in [0.25, 0.3) is 5.56 Å². The van der Waals surface area contributed by atoms with Crippen molar-refractivity contribution in [2.45, 2.75) is 24.2 Å². The lowest BCUT2D eigenvalue weighted by Gasteiger charge is -2.26. The molecule has 1 saturated heterocycles. The van der Waals surface area contributed by atoms with E-state index in [4.69, 9.17) is 21.3 Å². The molecule has 2 aromatic heterocycles. The number of hydrogen-bond donors (Lipinski definition) is 6. The Morgan fingerprint density at radius 2 is 2.29 bits per heavy atom. The lowest BCUT2D eigenvalue weighted by molar-refractivity contribution is -0.103. The maximum absolute atomic E-state index is 11.7. The number of fused-ring (bicyclic) bond motifs is 1. The third-order valence-corrected chi connectivity index (χ3v) is 3.41. The minimum Gasteiger partial charge on any atom is -0.394 e. The molecule has 3 rings (SSSR count). The number of aromatic amines is 1. The number of anilines is 1. The van der Waals surface area contributed by atoms with Crippen LogP contribution in [0, 0.1) is 0 Å². The van der Waals surface area contributed by atoms with Crippen LogP contribution < -0.4 is 17.0 Å². The van der Waals surface area contributed by atoms with Gasteiger partial charge in [0.05, 0.1) is 12.9 Å². The van der Waals surface area contributed by atoms with Crippen LogP contribution in [0.4, 0.5) is 5.95 Å². The molecule has 1 aliphatic heterocycles. The van der Waals surface area contributed by atoms with Crippen molar-refractivity contribution in [3.63, 3.8) is 0 Å². The number of nitrogens with one attached hydrogen (secondary N) is 1. The summed E-state index contributed by atoms with van der Waals surface area (Å²) >= 11 is 0. The minimum absolute atomic E-state index is 0.0226. The number of rotatable bonds is 2.